The number of rotatable bonds is 0. The molecule has 1 aromatic heterocycles. The first kappa shape index (κ1) is 9.43. The van der Waals surface area contributed by atoms with E-state index in [1.54, 1.807) is 0 Å². The second kappa shape index (κ2) is 3.35. The summed E-state index contributed by atoms with van der Waals surface area (Å²) in [5, 5.41) is 3.63. The van der Waals surface area contributed by atoms with Crippen LogP contribution < -0.4 is 5.32 Å². The van der Waals surface area contributed by atoms with Crippen LogP contribution in [0.1, 0.15) is 31.1 Å². The third-order valence-electron chi connectivity index (χ3n) is 3.61. The summed E-state index contributed by atoms with van der Waals surface area (Å²) >= 11 is 0. The normalized spacial score (nSPS) is 35.4. The van der Waals surface area contributed by atoms with E-state index in [1.165, 1.54) is 5.56 Å². The minimum Gasteiger partial charge on any atom is -0.467 e. The molecule has 2 unspecified atom stereocenters. The fraction of sp³-hybridized carbons (Fsp3) is 0.667. The van der Waals surface area contributed by atoms with Gasteiger partial charge in [0, 0.05) is 13.2 Å². The maximum Gasteiger partial charge on any atom is 0.127 e. The Bertz CT molecular complexity index is 360. The fourth-order valence-corrected chi connectivity index (χ4v) is 2.92. The van der Waals surface area contributed by atoms with Crippen LogP contribution in [0.15, 0.2) is 16.7 Å². The summed E-state index contributed by atoms with van der Waals surface area (Å²) in [5.74, 6) is 1.16. The third-order valence-corrected chi connectivity index (χ3v) is 3.61. The summed E-state index contributed by atoms with van der Waals surface area (Å²) < 4.78 is 11.3. The van der Waals surface area contributed by atoms with Crippen LogP contribution in [0.2, 0.25) is 0 Å². The molecule has 1 saturated heterocycles. The molecule has 0 aliphatic carbocycles. The van der Waals surface area contributed by atoms with Gasteiger partial charge in [-0.05, 0) is 37.8 Å². The Labute approximate surface area is 89.8 Å². The fourth-order valence-electron chi connectivity index (χ4n) is 2.92. The molecule has 2 aliphatic rings. The van der Waals surface area contributed by atoms with Gasteiger partial charge in [0.1, 0.15) is 5.76 Å². The molecular weight excluding hydrogens is 190 g/mol. The van der Waals surface area contributed by atoms with E-state index in [0.29, 0.717) is 6.10 Å². The molecule has 0 aromatic carbocycles. The van der Waals surface area contributed by atoms with Crippen molar-refractivity contribution in [3.8, 4) is 0 Å². The maximum absolute atomic E-state index is 5.68. The zero-order valence-corrected chi connectivity index (χ0v) is 9.08. The highest BCUT2D eigenvalue weighted by molar-refractivity contribution is 5.28. The van der Waals surface area contributed by atoms with Crippen LogP contribution in [0.25, 0.3) is 0 Å². The van der Waals surface area contributed by atoms with E-state index in [0.717, 1.165) is 38.2 Å². The quantitative estimate of drug-likeness (QED) is 0.704. The summed E-state index contributed by atoms with van der Waals surface area (Å²) in [6, 6.07) is 2.11. The first-order chi connectivity index (χ1) is 7.30. The summed E-state index contributed by atoms with van der Waals surface area (Å²) in [7, 11) is 0. The number of nitrogens with one attached hydrogen (secondary N) is 1. The van der Waals surface area contributed by atoms with Crippen molar-refractivity contribution in [2.75, 3.05) is 13.2 Å². The molecular formula is C12H17NO2. The van der Waals surface area contributed by atoms with Gasteiger partial charge in [0.25, 0.3) is 0 Å². The number of fused-ring (bicyclic) bond motifs is 2. The Kier molecular flexibility index (Phi) is 2.11. The average molecular weight is 207 g/mol. The zero-order chi connectivity index (χ0) is 10.3. The van der Waals surface area contributed by atoms with E-state index in [1.807, 2.05) is 6.26 Å². The lowest BCUT2D eigenvalue weighted by Gasteiger charge is -2.42. The Morgan fingerprint density at radius 3 is 3.33 bits per heavy atom. The molecule has 0 saturated carbocycles. The van der Waals surface area contributed by atoms with Crippen LogP contribution in [0.4, 0.5) is 0 Å². The van der Waals surface area contributed by atoms with E-state index in [2.05, 4.69) is 18.3 Å². The molecule has 0 radical (unpaired) electrons. The van der Waals surface area contributed by atoms with Gasteiger partial charge in [0.15, 0.2) is 0 Å². The molecule has 1 N–H and O–H groups in total. The van der Waals surface area contributed by atoms with Gasteiger partial charge in [-0.1, -0.05) is 0 Å². The van der Waals surface area contributed by atoms with Gasteiger partial charge < -0.3 is 14.5 Å². The molecule has 1 fully saturated rings. The summed E-state index contributed by atoms with van der Waals surface area (Å²) in [6.45, 7) is 4.02. The van der Waals surface area contributed by atoms with Gasteiger partial charge in [-0.2, -0.15) is 0 Å². The lowest BCUT2D eigenvalue weighted by molar-refractivity contribution is -0.0292. The molecule has 0 bridgehead atoms. The molecule has 15 heavy (non-hydrogen) atoms. The van der Waals surface area contributed by atoms with E-state index in [-0.39, 0.29) is 5.54 Å². The van der Waals surface area contributed by atoms with Crippen LogP contribution >= 0.6 is 0 Å². The van der Waals surface area contributed by atoms with Crippen molar-refractivity contribution in [2.24, 2.45) is 0 Å². The van der Waals surface area contributed by atoms with Gasteiger partial charge in [-0.25, -0.2) is 0 Å². The van der Waals surface area contributed by atoms with Crippen molar-refractivity contribution < 1.29 is 9.15 Å². The Balaban J connectivity index is 1.99. The highest BCUT2D eigenvalue weighted by atomic mass is 16.5. The molecule has 3 rings (SSSR count). The highest BCUT2D eigenvalue weighted by Gasteiger charge is 2.42. The molecule has 2 atom stereocenters. The predicted molar refractivity (Wildman–Crippen MR) is 56.7 cm³/mol. The SMILES string of the molecule is CC1CC2(CCO1)NCCc1ccoc12. The minimum atomic E-state index is 0.0503. The molecule has 0 amide bonds. The molecule has 3 nitrogen and oxygen atoms in total. The van der Waals surface area contributed by atoms with E-state index in [9.17, 15) is 0 Å². The lowest BCUT2D eigenvalue weighted by atomic mass is 9.80. The van der Waals surface area contributed by atoms with Crippen LogP contribution in [0.5, 0.6) is 0 Å². The van der Waals surface area contributed by atoms with Crippen molar-refractivity contribution in [3.63, 3.8) is 0 Å². The van der Waals surface area contributed by atoms with Gasteiger partial charge >= 0.3 is 0 Å². The van der Waals surface area contributed by atoms with Crippen molar-refractivity contribution in [1.82, 2.24) is 5.32 Å². The summed E-state index contributed by atoms with van der Waals surface area (Å²) in [4.78, 5) is 0. The van der Waals surface area contributed by atoms with E-state index in [4.69, 9.17) is 9.15 Å². The van der Waals surface area contributed by atoms with Crippen molar-refractivity contribution >= 4 is 0 Å². The summed E-state index contributed by atoms with van der Waals surface area (Å²) in [6.07, 6.45) is 5.27. The van der Waals surface area contributed by atoms with Gasteiger partial charge in [-0.15, -0.1) is 0 Å². The Morgan fingerprint density at radius 1 is 1.53 bits per heavy atom. The third kappa shape index (κ3) is 1.42. The van der Waals surface area contributed by atoms with E-state index >= 15 is 0 Å². The van der Waals surface area contributed by atoms with Crippen LogP contribution in [-0.2, 0) is 16.7 Å². The first-order valence-corrected chi connectivity index (χ1v) is 5.74. The standard InChI is InChI=1S/C12H17NO2/c1-9-8-12(4-7-14-9)11-10(2-5-13-12)3-6-15-11/h3,6,9,13H,2,4-5,7-8H2,1H3. The molecule has 82 valence electrons. The van der Waals surface area contributed by atoms with Crippen molar-refractivity contribution in [2.45, 2.75) is 37.8 Å². The van der Waals surface area contributed by atoms with Crippen molar-refractivity contribution in [3.05, 3.63) is 23.7 Å². The van der Waals surface area contributed by atoms with Gasteiger partial charge in [0.2, 0.25) is 0 Å². The van der Waals surface area contributed by atoms with Crippen LogP contribution in [0, 0.1) is 0 Å². The Hall–Kier alpha value is -0.800. The van der Waals surface area contributed by atoms with E-state index < -0.39 is 0 Å². The number of hydrogen-bond donors (Lipinski definition) is 1. The summed E-state index contributed by atoms with van der Waals surface area (Å²) in [5.41, 5.74) is 1.43. The number of ether oxygens (including phenoxy) is 1. The lowest BCUT2D eigenvalue weighted by Crippen LogP contribution is -2.51. The first-order valence-electron chi connectivity index (χ1n) is 5.74. The Morgan fingerprint density at radius 2 is 2.47 bits per heavy atom. The van der Waals surface area contributed by atoms with Gasteiger partial charge in [-0.3, -0.25) is 0 Å². The topological polar surface area (TPSA) is 34.4 Å². The number of furan rings is 1. The van der Waals surface area contributed by atoms with Crippen LogP contribution in [0.3, 0.4) is 0 Å². The van der Waals surface area contributed by atoms with Gasteiger partial charge in [0.05, 0.1) is 17.9 Å². The number of hydrogen-bond acceptors (Lipinski definition) is 3. The second-order valence-electron chi connectivity index (χ2n) is 4.67. The highest BCUT2D eigenvalue weighted by Crippen LogP contribution is 2.39. The molecule has 1 aromatic rings. The zero-order valence-electron chi connectivity index (χ0n) is 9.08. The minimum absolute atomic E-state index is 0.0503. The second-order valence-corrected chi connectivity index (χ2v) is 4.67. The largest absolute Gasteiger partial charge is 0.467 e. The molecule has 3 heteroatoms. The maximum atomic E-state index is 5.68. The predicted octanol–water partition coefficient (Wildman–Crippen LogP) is 1.82. The monoisotopic (exact) mass is 207 g/mol. The molecule has 3 heterocycles. The van der Waals surface area contributed by atoms with Crippen molar-refractivity contribution in [1.29, 1.82) is 0 Å². The smallest absolute Gasteiger partial charge is 0.127 e. The molecule has 1 spiro atoms. The average Bonchev–Trinajstić information content (AvgIpc) is 2.67. The molecule has 2 aliphatic heterocycles. The van der Waals surface area contributed by atoms with Crippen LogP contribution in [-0.4, -0.2) is 19.3 Å².